The van der Waals surface area contributed by atoms with Gasteiger partial charge in [-0.05, 0) is 15.9 Å². The van der Waals surface area contributed by atoms with E-state index in [1.165, 1.54) is 6.33 Å². The highest BCUT2D eigenvalue weighted by molar-refractivity contribution is 9.10. The predicted octanol–water partition coefficient (Wildman–Crippen LogP) is 1.01. The summed E-state index contributed by atoms with van der Waals surface area (Å²) in [4.78, 5) is 20.3. The number of pyridine rings is 1. The third kappa shape index (κ3) is 0.883. The predicted molar refractivity (Wildman–Crippen MR) is 44.4 cm³/mol. The second-order valence-electron chi connectivity index (χ2n) is 2.09. The molecule has 0 aromatic carbocycles. The Bertz CT molecular complexity index is 444. The average molecular weight is 214 g/mol. The molecule has 0 aliphatic heterocycles. The van der Waals surface area contributed by atoms with E-state index in [1.54, 1.807) is 6.20 Å². The number of hydrogen-bond donors (Lipinski definition) is 2. The Morgan fingerprint density at radius 1 is 1.45 bits per heavy atom. The summed E-state index contributed by atoms with van der Waals surface area (Å²) in [6.45, 7) is 0. The van der Waals surface area contributed by atoms with Crippen molar-refractivity contribution in [3.63, 3.8) is 0 Å². The van der Waals surface area contributed by atoms with Gasteiger partial charge in [0.25, 0.3) is 5.56 Å². The van der Waals surface area contributed by atoms with Crippen molar-refractivity contribution in [2.45, 2.75) is 0 Å². The van der Waals surface area contributed by atoms with Crippen LogP contribution in [0.4, 0.5) is 0 Å². The Morgan fingerprint density at radius 2 is 2.27 bits per heavy atom. The van der Waals surface area contributed by atoms with Crippen molar-refractivity contribution < 1.29 is 0 Å². The number of hydrogen-bond acceptors (Lipinski definition) is 2. The van der Waals surface area contributed by atoms with Gasteiger partial charge in [-0.15, -0.1) is 0 Å². The van der Waals surface area contributed by atoms with Crippen molar-refractivity contribution in [3.05, 3.63) is 27.4 Å². The topological polar surface area (TPSA) is 61.5 Å². The van der Waals surface area contributed by atoms with Gasteiger partial charge in [-0.25, -0.2) is 4.98 Å². The van der Waals surface area contributed by atoms with Crippen LogP contribution in [0.15, 0.2) is 21.8 Å². The first-order chi connectivity index (χ1) is 5.29. The molecule has 56 valence electrons. The van der Waals surface area contributed by atoms with E-state index in [9.17, 15) is 4.79 Å². The largest absolute Gasteiger partial charge is 0.340 e. The highest BCUT2D eigenvalue weighted by Crippen LogP contribution is 2.15. The minimum Gasteiger partial charge on any atom is -0.340 e. The molecule has 2 rings (SSSR count). The Labute approximate surface area is 69.8 Å². The van der Waals surface area contributed by atoms with Crippen LogP contribution in [0.25, 0.3) is 11.0 Å². The number of aromatic nitrogens is 3. The zero-order valence-electron chi connectivity index (χ0n) is 5.39. The van der Waals surface area contributed by atoms with Crippen LogP contribution in [0.5, 0.6) is 0 Å². The number of imidazole rings is 1. The van der Waals surface area contributed by atoms with Gasteiger partial charge >= 0.3 is 0 Å². The van der Waals surface area contributed by atoms with Gasteiger partial charge in [-0.3, -0.25) is 4.79 Å². The van der Waals surface area contributed by atoms with Crippen LogP contribution in [0.3, 0.4) is 0 Å². The lowest BCUT2D eigenvalue weighted by atomic mass is 10.4. The van der Waals surface area contributed by atoms with E-state index in [-0.39, 0.29) is 5.56 Å². The summed E-state index contributed by atoms with van der Waals surface area (Å²) in [6.07, 6.45) is 3.07. The Hall–Kier alpha value is -1.10. The van der Waals surface area contributed by atoms with Crippen LogP contribution in [0, 0.1) is 0 Å². The third-order valence-electron chi connectivity index (χ3n) is 1.42. The summed E-state index contributed by atoms with van der Waals surface area (Å²) < 4.78 is 0.786. The number of H-pyrrole nitrogens is 2. The molecule has 0 fully saturated rings. The Morgan fingerprint density at radius 3 is 3.00 bits per heavy atom. The summed E-state index contributed by atoms with van der Waals surface area (Å²) in [7, 11) is 0. The van der Waals surface area contributed by atoms with E-state index < -0.39 is 0 Å². The first-order valence-electron chi connectivity index (χ1n) is 2.99. The number of rotatable bonds is 0. The second-order valence-corrected chi connectivity index (χ2v) is 2.95. The molecule has 0 saturated carbocycles. The summed E-state index contributed by atoms with van der Waals surface area (Å²) in [6, 6.07) is 0. The molecule has 0 bridgehead atoms. The molecule has 0 aliphatic rings. The third-order valence-corrected chi connectivity index (χ3v) is 2.03. The van der Waals surface area contributed by atoms with Crippen LogP contribution >= 0.6 is 15.9 Å². The van der Waals surface area contributed by atoms with Gasteiger partial charge in [-0.1, -0.05) is 0 Å². The van der Waals surface area contributed by atoms with Gasteiger partial charge < -0.3 is 9.97 Å². The normalized spacial score (nSPS) is 10.6. The highest BCUT2D eigenvalue weighted by Gasteiger charge is 2.02. The molecule has 2 aromatic heterocycles. The fourth-order valence-corrected chi connectivity index (χ4v) is 1.33. The van der Waals surface area contributed by atoms with Gasteiger partial charge in [0.2, 0.25) is 0 Å². The van der Waals surface area contributed by atoms with E-state index in [4.69, 9.17) is 0 Å². The molecule has 0 amide bonds. The lowest BCUT2D eigenvalue weighted by Gasteiger charge is -1.88. The number of nitrogens with zero attached hydrogens (tertiary/aromatic N) is 1. The van der Waals surface area contributed by atoms with E-state index in [2.05, 4.69) is 30.9 Å². The van der Waals surface area contributed by atoms with Crippen LogP contribution in [0.2, 0.25) is 0 Å². The molecule has 0 spiro atoms. The maximum atomic E-state index is 11.0. The first kappa shape index (κ1) is 6.60. The summed E-state index contributed by atoms with van der Waals surface area (Å²) >= 11 is 3.26. The number of nitrogens with one attached hydrogen (secondary N) is 2. The molecule has 0 saturated heterocycles. The van der Waals surface area contributed by atoms with Crippen molar-refractivity contribution in [1.29, 1.82) is 0 Å². The standard InChI is InChI=1S/C6H4BrN3O/c7-3-1-8-6(11)5-4(3)9-2-10-5/h1-2H,(H,8,11)(H,9,10). The number of halogens is 1. The fourth-order valence-electron chi connectivity index (χ4n) is 0.918. The lowest BCUT2D eigenvalue weighted by Crippen LogP contribution is -2.04. The van der Waals surface area contributed by atoms with Crippen molar-refractivity contribution in [2.24, 2.45) is 0 Å². The molecule has 11 heavy (non-hydrogen) atoms. The summed E-state index contributed by atoms with van der Waals surface area (Å²) in [5.74, 6) is 0. The molecule has 2 aromatic rings. The van der Waals surface area contributed by atoms with Crippen LogP contribution in [-0.2, 0) is 0 Å². The molecule has 2 heterocycles. The van der Waals surface area contributed by atoms with E-state index in [1.807, 2.05) is 0 Å². The summed E-state index contributed by atoms with van der Waals surface area (Å²) in [5, 5.41) is 0. The maximum absolute atomic E-state index is 11.0. The molecule has 5 heteroatoms. The van der Waals surface area contributed by atoms with Gasteiger partial charge in [0.1, 0.15) is 11.0 Å². The monoisotopic (exact) mass is 213 g/mol. The molecule has 0 atom stereocenters. The molecule has 0 aliphatic carbocycles. The molecule has 4 nitrogen and oxygen atoms in total. The number of aromatic amines is 2. The van der Waals surface area contributed by atoms with Crippen LogP contribution in [0.1, 0.15) is 0 Å². The molecule has 0 unspecified atom stereocenters. The summed E-state index contributed by atoms with van der Waals surface area (Å²) in [5.41, 5.74) is 1.01. The fraction of sp³-hybridized carbons (Fsp3) is 0. The van der Waals surface area contributed by atoms with Gasteiger partial charge in [0.15, 0.2) is 0 Å². The molecule has 0 radical (unpaired) electrons. The molecule has 2 N–H and O–H groups in total. The van der Waals surface area contributed by atoms with E-state index in [0.29, 0.717) is 11.0 Å². The second kappa shape index (κ2) is 2.20. The quantitative estimate of drug-likeness (QED) is 0.687. The van der Waals surface area contributed by atoms with Gasteiger partial charge in [0.05, 0.1) is 10.8 Å². The van der Waals surface area contributed by atoms with E-state index in [0.717, 1.165) is 4.47 Å². The zero-order chi connectivity index (χ0) is 7.84. The highest BCUT2D eigenvalue weighted by atomic mass is 79.9. The van der Waals surface area contributed by atoms with Crippen molar-refractivity contribution in [3.8, 4) is 0 Å². The smallest absolute Gasteiger partial charge is 0.273 e. The minimum absolute atomic E-state index is 0.152. The van der Waals surface area contributed by atoms with Crippen molar-refractivity contribution in [1.82, 2.24) is 15.0 Å². The Kier molecular flexibility index (Phi) is 1.32. The molecular weight excluding hydrogens is 210 g/mol. The van der Waals surface area contributed by atoms with Crippen molar-refractivity contribution >= 4 is 27.0 Å². The lowest BCUT2D eigenvalue weighted by molar-refractivity contribution is 1.24. The minimum atomic E-state index is -0.152. The maximum Gasteiger partial charge on any atom is 0.273 e. The van der Waals surface area contributed by atoms with Crippen molar-refractivity contribution in [2.75, 3.05) is 0 Å². The van der Waals surface area contributed by atoms with Gasteiger partial charge in [0, 0.05) is 6.20 Å². The van der Waals surface area contributed by atoms with Gasteiger partial charge in [-0.2, -0.15) is 0 Å². The number of fused-ring (bicyclic) bond motifs is 1. The van der Waals surface area contributed by atoms with E-state index >= 15 is 0 Å². The Balaban J connectivity index is 3.08. The SMILES string of the molecule is O=c1[nH]cc(Br)c2nc[nH]c12. The zero-order valence-corrected chi connectivity index (χ0v) is 6.97. The average Bonchev–Trinajstić information content (AvgIpc) is 2.45. The first-order valence-corrected chi connectivity index (χ1v) is 3.78. The van der Waals surface area contributed by atoms with Crippen LogP contribution < -0.4 is 5.56 Å². The molecular formula is C6H4BrN3O. The van der Waals surface area contributed by atoms with Crippen LogP contribution in [-0.4, -0.2) is 15.0 Å².